The summed E-state index contributed by atoms with van der Waals surface area (Å²) >= 11 is 0. The normalized spacial score (nSPS) is 24.7. The molecule has 0 saturated carbocycles. The fraction of sp³-hybridized carbons (Fsp3) is 0.333. The number of imide groups is 1. The van der Waals surface area contributed by atoms with E-state index in [0.29, 0.717) is 6.54 Å². The fourth-order valence-corrected chi connectivity index (χ4v) is 4.28. The van der Waals surface area contributed by atoms with E-state index in [-0.39, 0.29) is 24.3 Å². The van der Waals surface area contributed by atoms with E-state index >= 15 is 0 Å². The smallest absolute Gasteiger partial charge is 0.242 e. The number of fused-ring (bicyclic) bond motifs is 2. The van der Waals surface area contributed by atoms with Gasteiger partial charge in [0.05, 0.1) is 6.54 Å². The summed E-state index contributed by atoms with van der Waals surface area (Å²) in [6.07, 6.45) is 2.09. The minimum absolute atomic E-state index is 0.0212. The molecule has 0 aliphatic carbocycles. The minimum atomic E-state index is -0.752. The van der Waals surface area contributed by atoms with Crippen molar-refractivity contribution < 1.29 is 9.59 Å². The standard InChI is InChI=1S/C21H22N2O2/c1-2-8-18-21(16-11-6-7-12-17(16)22-18)13-19(24)23(20(21)25)14-15-9-4-3-5-10-15/h3-7,9-12,18,22H,2,8,13-14H2,1H3/t18-,21+/m0/s1. The molecule has 0 unspecified atom stereocenters. The number of para-hydroxylation sites is 1. The summed E-state index contributed by atoms with van der Waals surface area (Å²) in [7, 11) is 0. The first-order valence-electron chi connectivity index (χ1n) is 8.91. The van der Waals surface area contributed by atoms with Crippen molar-refractivity contribution in [3.63, 3.8) is 0 Å². The molecule has 4 rings (SSSR count). The van der Waals surface area contributed by atoms with Gasteiger partial charge in [0, 0.05) is 18.2 Å². The molecule has 1 fully saturated rings. The number of nitrogens with zero attached hydrogens (tertiary/aromatic N) is 1. The van der Waals surface area contributed by atoms with Crippen molar-refractivity contribution in [2.24, 2.45) is 0 Å². The van der Waals surface area contributed by atoms with Crippen LogP contribution >= 0.6 is 0 Å². The fourth-order valence-electron chi connectivity index (χ4n) is 4.28. The van der Waals surface area contributed by atoms with Crippen LogP contribution in [0.15, 0.2) is 54.6 Å². The Labute approximate surface area is 147 Å². The maximum absolute atomic E-state index is 13.5. The van der Waals surface area contributed by atoms with Crippen molar-refractivity contribution in [2.75, 3.05) is 5.32 Å². The third-order valence-corrected chi connectivity index (χ3v) is 5.45. The van der Waals surface area contributed by atoms with Gasteiger partial charge >= 0.3 is 0 Å². The summed E-state index contributed by atoms with van der Waals surface area (Å²) in [4.78, 5) is 27.7. The highest BCUT2D eigenvalue weighted by Crippen LogP contribution is 2.49. The van der Waals surface area contributed by atoms with E-state index in [1.807, 2.05) is 54.6 Å². The molecule has 25 heavy (non-hydrogen) atoms. The highest BCUT2D eigenvalue weighted by molar-refractivity contribution is 6.11. The Hall–Kier alpha value is -2.62. The van der Waals surface area contributed by atoms with Crippen LogP contribution in [0.3, 0.4) is 0 Å². The molecule has 1 saturated heterocycles. The maximum atomic E-state index is 13.5. The molecule has 0 aromatic heterocycles. The molecule has 0 radical (unpaired) electrons. The van der Waals surface area contributed by atoms with Crippen LogP contribution in [0.4, 0.5) is 5.69 Å². The number of rotatable bonds is 4. The topological polar surface area (TPSA) is 49.4 Å². The van der Waals surface area contributed by atoms with Gasteiger partial charge in [0.1, 0.15) is 5.41 Å². The van der Waals surface area contributed by atoms with Crippen LogP contribution in [-0.4, -0.2) is 22.8 Å². The number of anilines is 1. The Morgan fingerprint density at radius 1 is 1.08 bits per heavy atom. The number of carbonyl (C=O) groups excluding carboxylic acids is 2. The molecule has 2 aromatic rings. The molecule has 128 valence electrons. The Bertz CT molecular complexity index is 818. The van der Waals surface area contributed by atoms with Crippen LogP contribution in [0.1, 0.15) is 37.3 Å². The van der Waals surface area contributed by atoms with Gasteiger partial charge < -0.3 is 5.32 Å². The van der Waals surface area contributed by atoms with E-state index in [9.17, 15) is 9.59 Å². The molecule has 2 aliphatic rings. The number of nitrogens with one attached hydrogen (secondary N) is 1. The third kappa shape index (κ3) is 2.36. The predicted octanol–water partition coefficient (Wildman–Crippen LogP) is 3.48. The summed E-state index contributed by atoms with van der Waals surface area (Å²) in [5.41, 5.74) is 2.19. The third-order valence-electron chi connectivity index (χ3n) is 5.45. The Balaban J connectivity index is 1.73. The molecule has 2 heterocycles. The van der Waals surface area contributed by atoms with Gasteiger partial charge in [-0.05, 0) is 23.6 Å². The molecule has 0 bridgehead atoms. The molecule has 1 spiro atoms. The predicted molar refractivity (Wildman–Crippen MR) is 97.1 cm³/mol. The number of likely N-dealkylation sites (tertiary alicyclic amines) is 1. The molecule has 4 heteroatoms. The van der Waals surface area contributed by atoms with Gasteiger partial charge in [-0.25, -0.2) is 0 Å². The zero-order valence-corrected chi connectivity index (χ0v) is 14.4. The first kappa shape index (κ1) is 15.9. The van der Waals surface area contributed by atoms with E-state index in [1.54, 1.807) is 0 Å². The van der Waals surface area contributed by atoms with Crippen LogP contribution in [0, 0.1) is 0 Å². The lowest BCUT2D eigenvalue weighted by Crippen LogP contribution is -2.46. The Kier molecular flexibility index (Phi) is 3.83. The molecule has 2 aliphatic heterocycles. The first-order chi connectivity index (χ1) is 12.2. The zero-order chi connectivity index (χ0) is 17.4. The number of carbonyl (C=O) groups is 2. The van der Waals surface area contributed by atoms with Crippen LogP contribution in [0.2, 0.25) is 0 Å². The number of hydrogen-bond acceptors (Lipinski definition) is 3. The van der Waals surface area contributed by atoms with Gasteiger partial charge in [-0.3, -0.25) is 14.5 Å². The molecule has 2 aromatic carbocycles. The second kappa shape index (κ2) is 6.03. The summed E-state index contributed by atoms with van der Waals surface area (Å²) in [6, 6.07) is 17.6. The zero-order valence-electron chi connectivity index (χ0n) is 14.4. The average molecular weight is 334 g/mol. The Morgan fingerprint density at radius 2 is 1.80 bits per heavy atom. The average Bonchev–Trinajstić information content (AvgIpc) is 3.07. The monoisotopic (exact) mass is 334 g/mol. The lowest BCUT2D eigenvalue weighted by Gasteiger charge is -2.29. The number of amides is 2. The summed E-state index contributed by atoms with van der Waals surface area (Å²) < 4.78 is 0. The lowest BCUT2D eigenvalue weighted by molar-refractivity contribution is -0.140. The van der Waals surface area contributed by atoms with E-state index in [1.165, 1.54) is 4.90 Å². The van der Waals surface area contributed by atoms with Gasteiger partial charge in [0.2, 0.25) is 11.8 Å². The van der Waals surface area contributed by atoms with Crippen LogP contribution in [0.25, 0.3) is 0 Å². The van der Waals surface area contributed by atoms with Crippen molar-refractivity contribution in [1.29, 1.82) is 0 Å². The van der Waals surface area contributed by atoms with Gasteiger partial charge in [0.15, 0.2) is 0 Å². The largest absolute Gasteiger partial charge is 0.381 e. The molecular weight excluding hydrogens is 312 g/mol. The van der Waals surface area contributed by atoms with Crippen molar-refractivity contribution in [3.05, 3.63) is 65.7 Å². The quantitative estimate of drug-likeness (QED) is 0.871. The van der Waals surface area contributed by atoms with Crippen molar-refractivity contribution in [3.8, 4) is 0 Å². The molecular formula is C21H22N2O2. The van der Waals surface area contributed by atoms with E-state index in [4.69, 9.17) is 0 Å². The summed E-state index contributed by atoms with van der Waals surface area (Å²) in [5.74, 6) is -0.134. The van der Waals surface area contributed by atoms with E-state index < -0.39 is 5.41 Å². The summed E-state index contributed by atoms with van der Waals surface area (Å²) in [5, 5.41) is 3.50. The highest BCUT2D eigenvalue weighted by Gasteiger charge is 2.60. The second-order valence-electron chi connectivity index (χ2n) is 6.95. The van der Waals surface area contributed by atoms with Crippen molar-refractivity contribution in [2.45, 2.75) is 44.2 Å². The highest BCUT2D eigenvalue weighted by atomic mass is 16.2. The molecule has 1 N–H and O–H groups in total. The molecule has 2 atom stereocenters. The van der Waals surface area contributed by atoms with Crippen LogP contribution < -0.4 is 5.32 Å². The minimum Gasteiger partial charge on any atom is -0.381 e. The van der Waals surface area contributed by atoms with Crippen molar-refractivity contribution in [1.82, 2.24) is 4.90 Å². The van der Waals surface area contributed by atoms with Gasteiger partial charge in [0.25, 0.3) is 0 Å². The van der Waals surface area contributed by atoms with E-state index in [0.717, 1.165) is 29.7 Å². The Morgan fingerprint density at radius 3 is 2.56 bits per heavy atom. The van der Waals surface area contributed by atoms with Gasteiger partial charge in [-0.2, -0.15) is 0 Å². The molecule has 4 nitrogen and oxygen atoms in total. The molecule has 2 amide bonds. The second-order valence-corrected chi connectivity index (χ2v) is 6.95. The summed E-state index contributed by atoms with van der Waals surface area (Å²) in [6.45, 7) is 2.46. The van der Waals surface area contributed by atoms with Crippen molar-refractivity contribution >= 4 is 17.5 Å². The number of benzene rings is 2. The van der Waals surface area contributed by atoms with Gasteiger partial charge in [-0.15, -0.1) is 0 Å². The van der Waals surface area contributed by atoms with E-state index in [2.05, 4.69) is 12.2 Å². The van der Waals surface area contributed by atoms with Gasteiger partial charge in [-0.1, -0.05) is 61.9 Å². The number of hydrogen-bond donors (Lipinski definition) is 1. The lowest BCUT2D eigenvalue weighted by atomic mass is 9.74. The first-order valence-corrected chi connectivity index (χ1v) is 8.91. The van der Waals surface area contributed by atoms with Crippen LogP contribution in [0.5, 0.6) is 0 Å². The maximum Gasteiger partial charge on any atom is 0.242 e. The van der Waals surface area contributed by atoms with Crippen LogP contribution in [-0.2, 0) is 21.5 Å². The SMILES string of the molecule is CCC[C@@H]1Nc2ccccc2[C@]12CC(=O)N(Cc1ccccc1)C2=O.